The van der Waals surface area contributed by atoms with Crippen molar-refractivity contribution in [3.8, 4) is 0 Å². The van der Waals surface area contributed by atoms with Crippen molar-refractivity contribution in [1.82, 2.24) is 9.88 Å². The number of aromatic nitrogens is 1. The number of carbonyl (C=O) groups excluding carboxylic acids is 1. The molecule has 1 aromatic heterocycles. The number of nitrogens with one attached hydrogen (secondary N) is 1. The van der Waals surface area contributed by atoms with Crippen LogP contribution in [0.4, 0.5) is 4.39 Å². The molecule has 0 fully saturated rings. The Labute approximate surface area is 140 Å². The minimum Gasteiger partial charge on any atom is -0.369 e. The second-order valence-corrected chi connectivity index (χ2v) is 5.92. The molecular formula is C19H20FN3O. The van der Waals surface area contributed by atoms with Gasteiger partial charge in [-0.1, -0.05) is 30.3 Å². The van der Waals surface area contributed by atoms with E-state index in [2.05, 4.69) is 4.98 Å². The van der Waals surface area contributed by atoms with Crippen molar-refractivity contribution in [3.63, 3.8) is 0 Å². The first-order valence-electron chi connectivity index (χ1n) is 7.92. The predicted molar refractivity (Wildman–Crippen MR) is 92.9 cm³/mol. The summed E-state index contributed by atoms with van der Waals surface area (Å²) in [5.74, 6) is -0.600. The number of fused-ring (bicyclic) bond motifs is 1. The number of benzene rings is 2. The van der Waals surface area contributed by atoms with E-state index in [1.165, 1.54) is 12.1 Å². The first-order chi connectivity index (χ1) is 11.6. The lowest BCUT2D eigenvalue weighted by atomic mass is 10.1. The van der Waals surface area contributed by atoms with Crippen LogP contribution in [0.15, 0.2) is 54.7 Å². The fourth-order valence-electron chi connectivity index (χ4n) is 2.91. The van der Waals surface area contributed by atoms with Gasteiger partial charge in [-0.15, -0.1) is 0 Å². The van der Waals surface area contributed by atoms with E-state index in [0.29, 0.717) is 19.5 Å². The van der Waals surface area contributed by atoms with E-state index >= 15 is 0 Å². The van der Waals surface area contributed by atoms with Crippen LogP contribution in [0.1, 0.15) is 11.1 Å². The maximum absolute atomic E-state index is 13.5. The zero-order chi connectivity index (χ0) is 16.9. The Hall–Kier alpha value is -2.66. The van der Waals surface area contributed by atoms with Crippen molar-refractivity contribution in [2.24, 2.45) is 5.73 Å². The average molecular weight is 325 g/mol. The Morgan fingerprint density at radius 3 is 2.71 bits per heavy atom. The van der Waals surface area contributed by atoms with Gasteiger partial charge in [0, 0.05) is 30.2 Å². The molecule has 0 bridgehead atoms. The summed E-state index contributed by atoms with van der Waals surface area (Å²) in [7, 11) is 0. The van der Waals surface area contributed by atoms with Gasteiger partial charge in [0.2, 0.25) is 5.91 Å². The molecule has 0 aliphatic heterocycles. The van der Waals surface area contributed by atoms with Gasteiger partial charge >= 0.3 is 0 Å². The van der Waals surface area contributed by atoms with Gasteiger partial charge in [-0.2, -0.15) is 0 Å². The van der Waals surface area contributed by atoms with Crippen LogP contribution in [0.25, 0.3) is 10.9 Å². The highest BCUT2D eigenvalue weighted by Crippen LogP contribution is 2.20. The molecule has 3 N–H and O–H groups in total. The van der Waals surface area contributed by atoms with Gasteiger partial charge in [0.05, 0.1) is 6.54 Å². The second-order valence-electron chi connectivity index (χ2n) is 5.92. The fourth-order valence-corrected chi connectivity index (χ4v) is 2.91. The Kier molecular flexibility index (Phi) is 4.91. The molecule has 0 saturated carbocycles. The molecule has 1 amide bonds. The molecule has 0 atom stereocenters. The minimum atomic E-state index is -0.351. The van der Waals surface area contributed by atoms with Crippen molar-refractivity contribution < 1.29 is 9.18 Å². The smallest absolute Gasteiger partial charge is 0.231 e. The molecule has 0 aliphatic rings. The summed E-state index contributed by atoms with van der Waals surface area (Å²) in [6, 6.07) is 14.7. The molecule has 3 aromatic rings. The molecule has 0 unspecified atom stereocenters. The zero-order valence-electron chi connectivity index (χ0n) is 13.3. The van der Waals surface area contributed by atoms with Crippen molar-refractivity contribution >= 4 is 16.8 Å². The number of nitrogens with zero attached hydrogens (tertiary/aromatic N) is 1. The van der Waals surface area contributed by atoms with E-state index in [-0.39, 0.29) is 18.3 Å². The lowest BCUT2D eigenvalue weighted by Crippen LogP contribution is -2.34. The van der Waals surface area contributed by atoms with E-state index < -0.39 is 0 Å². The molecule has 0 spiro atoms. The lowest BCUT2D eigenvalue weighted by Gasteiger charge is -2.20. The number of amides is 1. The number of carbonyl (C=O) groups is 1. The van der Waals surface area contributed by atoms with Crippen molar-refractivity contribution in [3.05, 3.63) is 71.7 Å². The first kappa shape index (κ1) is 16.2. The summed E-state index contributed by atoms with van der Waals surface area (Å²) in [4.78, 5) is 16.5. The molecule has 124 valence electrons. The van der Waals surface area contributed by atoms with Gasteiger partial charge in [-0.3, -0.25) is 9.69 Å². The number of H-pyrrole nitrogens is 1. The quantitative estimate of drug-likeness (QED) is 0.702. The number of hydrogen-bond acceptors (Lipinski definition) is 2. The summed E-state index contributed by atoms with van der Waals surface area (Å²) >= 11 is 0. The second kappa shape index (κ2) is 7.27. The predicted octanol–water partition coefficient (Wildman–Crippen LogP) is 2.84. The highest BCUT2D eigenvalue weighted by atomic mass is 19.1. The third-order valence-corrected chi connectivity index (χ3v) is 4.06. The van der Waals surface area contributed by atoms with E-state index in [1.54, 1.807) is 6.07 Å². The average Bonchev–Trinajstić information content (AvgIpc) is 2.95. The van der Waals surface area contributed by atoms with Gasteiger partial charge in [0.1, 0.15) is 5.82 Å². The van der Waals surface area contributed by atoms with Gasteiger partial charge in [0.15, 0.2) is 0 Å². The third kappa shape index (κ3) is 4.00. The SMILES string of the molecule is NC(=O)CN(CCc1c[nH]c2ccc(F)cc12)Cc1ccccc1. The molecule has 0 saturated heterocycles. The highest BCUT2D eigenvalue weighted by molar-refractivity contribution is 5.83. The van der Waals surface area contributed by atoms with Crippen LogP contribution in [0, 0.1) is 5.82 Å². The molecule has 3 rings (SSSR count). The number of primary amides is 1. The van der Waals surface area contributed by atoms with E-state index in [4.69, 9.17) is 5.73 Å². The normalized spacial score (nSPS) is 11.2. The number of halogens is 1. The molecule has 2 aromatic carbocycles. The highest BCUT2D eigenvalue weighted by Gasteiger charge is 2.11. The van der Waals surface area contributed by atoms with Gasteiger partial charge < -0.3 is 10.7 Å². The van der Waals surface area contributed by atoms with Gasteiger partial charge in [-0.25, -0.2) is 4.39 Å². The van der Waals surface area contributed by atoms with Crippen LogP contribution >= 0.6 is 0 Å². The third-order valence-electron chi connectivity index (χ3n) is 4.06. The number of nitrogens with two attached hydrogens (primary N) is 1. The molecule has 0 aliphatic carbocycles. The molecule has 5 heteroatoms. The van der Waals surface area contributed by atoms with Crippen LogP contribution in [-0.2, 0) is 17.8 Å². The monoisotopic (exact) mass is 325 g/mol. The van der Waals surface area contributed by atoms with Crippen LogP contribution in [0.2, 0.25) is 0 Å². The van der Waals surface area contributed by atoms with Crippen LogP contribution < -0.4 is 5.73 Å². The Morgan fingerprint density at radius 2 is 1.96 bits per heavy atom. The van der Waals surface area contributed by atoms with Crippen molar-refractivity contribution in [1.29, 1.82) is 0 Å². The fraction of sp³-hybridized carbons (Fsp3) is 0.211. The maximum atomic E-state index is 13.5. The van der Waals surface area contributed by atoms with Crippen LogP contribution in [0.3, 0.4) is 0 Å². The van der Waals surface area contributed by atoms with Crippen molar-refractivity contribution in [2.75, 3.05) is 13.1 Å². The molecule has 1 heterocycles. The van der Waals surface area contributed by atoms with E-state index in [9.17, 15) is 9.18 Å². The van der Waals surface area contributed by atoms with Gasteiger partial charge in [-0.05, 0) is 35.7 Å². The van der Waals surface area contributed by atoms with Crippen molar-refractivity contribution in [2.45, 2.75) is 13.0 Å². The number of hydrogen-bond donors (Lipinski definition) is 2. The number of rotatable bonds is 7. The molecular weight excluding hydrogens is 305 g/mol. The number of aromatic amines is 1. The van der Waals surface area contributed by atoms with E-state index in [1.807, 2.05) is 41.4 Å². The standard InChI is InChI=1S/C19H20FN3O/c20-16-6-7-18-17(10-16)15(11-22-18)8-9-23(13-19(21)24)12-14-4-2-1-3-5-14/h1-7,10-11,22H,8-9,12-13H2,(H2,21,24). The van der Waals surface area contributed by atoms with Gasteiger partial charge in [0.25, 0.3) is 0 Å². The minimum absolute atomic E-state index is 0.200. The molecule has 24 heavy (non-hydrogen) atoms. The molecule has 4 nitrogen and oxygen atoms in total. The summed E-state index contributed by atoms with van der Waals surface area (Å²) in [5.41, 5.74) is 8.45. The zero-order valence-corrected chi connectivity index (χ0v) is 13.3. The lowest BCUT2D eigenvalue weighted by molar-refractivity contribution is -0.119. The summed E-state index contributed by atoms with van der Waals surface area (Å²) in [6.45, 7) is 1.52. The topological polar surface area (TPSA) is 62.1 Å². The Morgan fingerprint density at radius 1 is 1.17 bits per heavy atom. The van der Waals surface area contributed by atoms with Crippen LogP contribution in [-0.4, -0.2) is 28.9 Å². The summed E-state index contributed by atoms with van der Waals surface area (Å²) in [6.07, 6.45) is 2.61. The first-order valence-corrected chi connectivity index (χ1v) is 7.92. The Bertz CT molecular complexity index is 829. The van der Waals surface area contributed by atoms with Crippen LogP contribution in [0.5, 0.6) is 0 Å². The maximum Gasteiger partial charge on any atom is 0.231 e. The van der Waals surface area contributed by atoms with E-state index in [0.717, 1.165) is 22.0 Å². The largest absolute Gasteiger partial charge is 0.369 e. The Balaban J connectivity index is 1.72. The summed E-state index contributed by atoms with van der Waals surface area (Å²) in [5, 5.41) is 0.883. The summed E-state index contributed by atoms with van der Waals surface area (Å²) < 4.78 is 13.5. The molecule has 0 radical (unpaired) electrons.